The zero-order valence-electron chi connectivity index (χ0n) is 18.1. The lowest BCUT2D eigenvalue weighted by Crippen LogP contribution is -2.38. The van der Waals surface area contributed by atoms with Crippen LogP contribution in [0.15, 0.2) is 58.7 Å². The molecule has 3 heterocycles. The molecule has 3 aromatic heterocycles. The van der Waals surface area contributed by atoms with E-state index in [-0.39, 0.29) is 11.5 Å². The predicted octanol–water partition coefficient (Wildman–Crippen LogP) is 3.09. The third kappa shape index (κ3) is 4.67. The van der Waals surface area contributed by atoms with Crippen molar-refractivity contribution >= 4 is 17.2 Å². The fraction of sp³-hybridized carbons (Fsp3) is 0.261. The summed E-state index contributed by atoms with van der Waals surface area (Å²) in [5.74, 6) is 0.217. The van der Waals surface area contributed by atoms with Gasteiger partial charge in [-0.1, -0.05) is 30.3 Å². The van der Waals surface area contributed by atoms with Gasteiger partial charge in [0.1, 0.15) is 11.0 Å². The number of carbonyl (C=O) groups excluding carboxylic acids is 1. The van der Waals surface area contributed by atoms with Crippen molar-refractivity contribution in [2.45, 2.75) is 33.2 Å². The van der Waals surface area contributed by atoms with Gasteiger partial charge in [0.2, 0.25) is 5.91 Å². The molecular weight excluding hydrogens is 424 g/mol. The first kappa shape index (κ1) is 21.6. The SMILES string of the molecule is Cc1cc(C)n(-c2ccc(=O)n([C@H](C)C(=O)NCCc3csc(-c4ccccc4)n3)n2)n1. The van der Waals surface area contributed by atoms with Crippen molar-refractivity contribution < 1.29 is 4.79 Å². The maximum Gasteiger partial charge on any atom is 0.267 e. The van der Waals surface area contributed by atoms with Crippen LogP contribution in [0, 0.1) is 13.8 Å². The van der Waals surface area contributed by atoms with Crippen LogP contribution < -0.4 is 10.9 Å². The highest BCUT2D eigenvalue weighted by Gasteiger charge is 2.18. The minimum atomic E-state index is -0.755. The van der Waals surface area contributed by atoms with E-state index >= 15 is 0 Å². The molecule has 1 aromatic carbocycles. The number of rotatable bonds is 7. The van der Waals surface area contributed by atoms with Crippen LogP contribution in [-0.4, -0.2) is 37.0 Å². The number of carbonyl (C=O) groups is 1. The molecule has 164 valence electrons. The second kappa shape index (κ2) is 9.27. The minimum absolute atomic E-state index is 0.274. The van der Waals surface area contributed by atoms with Gasteiger partial charge in [-0.05, 0) is 32.9 Å². The fourth-order valence-corrected chi connectivity index (χ4v) is 4.23. The maximum absolute atomic E-state index is 12.7. The van der Waals surface area contributed by atoms with Crippen LogP contribution in [0.4, 0.5) is 0 Å². The zero-order chi connectivity index (χ0) is 22.7. The van der Waals surface area contributed by atoms with Crippen molar-refractivity contribution in [3.05, 3.63) is 81.3 Å². The summed E-state index contributed by atoms with van der Waals surface area (Å²) in [6, 6.07) is 14.2. The van der Waals surface area contributed by atoms with Gasteiger partial charge in [0, 0.05) is 35.7 Å². The number of hydrogen-bond donors (Lipinski definition) is 1. The van der Waals surface area contributed by atoms with Crippen LogP contribution in [0.1, 0.15) is 30.0 Å². The Morgan fingerprint density at radius 3 is 2.62 bits per heavy atom. The topological polar surface area (TPSA) is 94.7 Å². The molecule has 32 heavy (non-hydrogen) atoms. The predicted molar refractivity (Wildman–Crippen MR) is 124 cm³/mol. The van der Waals surface area contributed by atoms with E-state index in [2.05, 4.69) is 20.5 Å². The summed E-state index contributed by atoms with van der Waals surface area (Å²) in [5.41, 5.74) is 3.41. The first-order valence-electron chi connectivity index (χ1n) is 10.3. The molecule has 0 unspecified atom stereocenters. The maximum atomic E-state index is 12.7. The lowest BCUT2D eigenvalue weighted by molar-refractivity contribution is -0.124. The summed E-state index contributed by atoms with van der Waals surface area (Å²) in [6.45, 7) is 5.88. The number of thiazole rings is 1. The van der Waals surface area contributed by atoms with Gasteiger partial charge in [-0.3, -0.25) is 9.59 Å². The van der Waals surface area contributed by atoms with Crippen molar-refractivity contribution in [3.8, 4) is 16.4 Å². The van der Waals surface area contributed by atoms with Crippen molar-refractivity contribution in [3.63, 3.8) is 0 Å². The molecule has 4 aromatic rings. The van der Waals surface area contributed by atoms with E-state index < -0.39 is 6.04 Å². The average molecular weight is 449 g/mol. The molecule has 0 fully saturated rings. The van der Waals surface area contributed by atoms with Crippen LogP contribution in [0.3, 0.4) is 0 Å². The Kier molecular flexibility index (Phi) is 6.27. The number of nitrogens with one attached hydrogen (secondary N) is 1. The highest BCUT2D eigenvalue weighted by atomic mass is 32.1. The van der Waals surface area contributed by atoms with Gasteiger partial charge in [-0.25, -0.2) is 14.3 Å². The van der Waals surface area contributed by atoms with Gasteiger partial charge in [0.15, 0.2) is 5.82 Å². The van der Waals surface area contributed by atoms with Gasteiger partial charge in [0.05, 0.1) is 11.4 Å². The van der Waals surface area contributed by atoms with E-state index in [1.165, 1.54) is 10.7 Å². The van der Waals surface area contributed by atoms with Crippen LogP contribution in [0.5, 0.6) is 0 Å². The third-order valence-electron chi connectivity index (χ3n) is 5.04. The quantitative estimate of drug-likeness (QED) is 0.469. The van der Waals surface area contributed by atoms with Crippen LogP contribution >= 0.6 is 11.3 Å². The number of hydrogen-bond acceptors (Lipinski definition) is 6. The summed E-state index contributed by atoms with van der Waals surface area (Å²) < 4.78 is 2.85. The molecule has 0 saturated heterocycles. The van der Waals surface area contributed by atoms with Crippen LogP contribution in [0.25, 0.3) is 16.4 Å². The number of benzene rings is 1. The van der Waals surface area contributed by atoms with Gasteiger partial charge in [0.25, 0.3) is 5.56 Å². The molecule has 0 saturated carbocycles. The molecule has 0 spiro atoms. The van der Waals surface area contributed by atoms with Gasteiger partial charge < -0.3 is 5.32 Å². The van der Waals surface area contributed by atoms with E-state index in [0.717, 1.165) is 27.7 Å². The summed E-state index contributed by atoms with van der Waals surface area (Å²) in [6.07, 6.45) is 0.607. The molecule has 0 aliphatic carbocycles. The summed E-state index contributed by atoms with van der Waals surface area (Å²) >= 11 is 1.58. The molecular formula is C23H24N6O2S. The molecule has 4 rings (SSSR count). The molecule has 0 aliphatic rings. The molecule has 0 radical (unpaired) electrons. The van der Waals surface area contributed by atoms with Gasteiger partial charge in [-0.2, -0.15) is 5.10 Å². The molecule has 1 amide bonds. The lowest BCUT2D eigenvalue weighted by atomic mass is 10.2. The average Bonchev–Trinajstić information content (AvgIpc) is 3.40. The Morgan fingerprint density at radius 1 is 1.12 bits per heavy atom. The fourth-order valence-electron chi connectivity index (χ4n) is 3.37. The molecule has 0 aliphatic heterocycles. The number of aromatic nitrogens is 5. The normalized spacial score (nSPS) is 12.0. The first-order chi connectivity index (χ1) is 15.4. The Labute approximate surface area is 189 Å². The van der Waals surface area contributed by atoms with E-state index in [9.17, 15) is 9.59 Å². The van der Waals surface area contributed by atoms with Crippen molar-refractivity contribution in [1.82, 2.24) is 29.9 Å². The molecule has 8 nitrogen and oxygen atoms in total. The lowest BCUT2D eigenvalue weighted by Gasteiger charge is -2.15. The Morgan fingerprint density at radius 2 is 1.91 bits per heavy atom. The number of amides is 1. The molecule has 1 atom stereocenters. The Hall–Kier alpha value is -3.59. The van der Waals surface area contributed by atoms with E-state index in [1.54, 1.807) is 29.0 Å². The zero-order valence-corrected chi connectivity index (χ0v) is 19.0. The highest BCUT2D eigenvalue weighted by molar-refractivity contribution is 7.13. The minimum Gasteiger partial charge on any atom is -0.354 e. The number of aryl methyl sites for hydroxylation is 2. The smallest absolute Gasteiger partial charge is 0.267 e. The monoisotopic (exact) mass is 448 g/mol. The van der Waals surface area contributed by atoms with Gasteiger partial charge >= 0.3 is 0 Å². The third-order valence-corrected chi connectivity index (χ3v) is 5.98. The van der Waals surface area contributed by atoms with Crippen LogP contribution in [-0.2, 0) is 11.2 Å². The van der Waals surface area contributed by atoms with Crippen LogP contribution in [0.2, 0.25) is 0 Å². The Balaban J connectivity index is 1.40. The second-order valence-corrected chi connectivity index (χ2v) is 8.40. The van der Waals surface area contributed by atoms with Crippen molar-refractivity contribution in [1.29, 1.82) is 0 Å². The largest absolute Gasteiger partial charge is 0.354 e. The van der Waals surface area contributed by atoms with E-state index in [4.69, 9.17) is 0 Å². The van der Waals surface area contributed by atoms with Crippen molar-refractivity contribution in [2.24, 2.45) is 0 Å². The first-order valence-corrected chi connectivity index (χ1v) is 11.2. The standard InChI is InChI=1S/C23H24N6O2S/c1-15-13-16(2)28(26-15)20-9-10-21(30)29(27-20)17(3)22(31)24-12-11-19-14-32-23(25-19)18-7-5-4-6-8-18/h4-10,13-14,17H,11-12H2,1-3H3,(H,24,31)/t17-/m1/s1. The van der Waals surface area contributed by atoms with E-state index in [1.807, 2.05) is 55.6 Å². The van der Waals surface area contributed by atoms with E-state index in [0.29, 0.717) is 18.8 Å². The van der Waals surface area contributed by atoms with Gasteiger partial charge in [-0.15, -0.1) is 16.4 Å². The Bertz CT molecular complexity index is 1290. The summed E-state index contributed by atoms with van der Waals surface area (Å²) in [7, 11) is 0. The molecule has 1 N–H and O–H groups in total. The molecule has 9 heteroatoms. The molecule has 0 bridgehead atoms. The van der Waals surface area contributed by atoms with Crippen molar-refractivity contribution in [2.75, 3.05) is 6.54 Å². The second-order valence-electron chi connectivity index (χ2n) is 7.54. The number of nitrogens with zero attached hydrogens (tertiary/aromatic N) is 5. The summed E-state index contributed by atoms with van der Waals surface area (Å²) in [5, 5.41) is 14.6. The summed E-state index contributed by atoms with van der Waals surface area (Å²) in [4.78, 5) is 29.7. The highest BCUT2D eigenvalue weighted by Crippen LogP contribution is 2.23.